The van der Waals surface area contributed by atoms with Crippen LogP contribution in [0.2, 0.25) is 0 Å². The average molecular weight is 484 g/mol. The number of ether oxygens (including phenoxy) is 3. The van der Waals surface area contributed by atoms with Crippen molar-refractivity contribution in [2.24, 2.45) is 0 Å². The van der Waals surface area contributed by atoms with Gasteiger partial charge in [0.1, 0.15) is 23.1 Å². The first kappa shape index (κ1) is 23.6. The number of benzene rings is 1. The molecule has 0 spiro atoms. The highest BCUT2D eigenvalue weighted by molar-refractivity contribution is 7.17. The van der Waals surface area contributed by atoms with Crippen molar-refractivity contribution in [3.8, 4) is 5.75 Å². The Labute approximate surface area is 200 Å². The van der Waals surface area contributed by atoms with Gasteiger partial charge in [-0.15, -0.1) is 11.3 Å². The highest BCUT2D eigenvalue weighted by Crippen LogP contribution is 2.38. The summed E-state index contributed by atoms with van der Waals surface area (Å²) in [6, 6.07) is 9.72. The molecule has 0 radical (unpaired) electrons. The number of thiophene rings is 1. The molecule has 178 valence electrons. The van der Waals surface area contributed by atoms with E-state index in [0.29, 0.717) is 27.6 Å². The lowest BCUT2D eigenvalue weighted by atomic mass is 9.95. The van der Waals surface area contributed by atoms with Gasteiger partial charge in [0.2, 0.25) is 0 Å². The van der Waals surface area contributed by atoms with E-state index in [1.54, 1.807) is 43.3 Å². The predicted octanol–water partition coefficient (Wildman–Crippen LogP) is 5.01. The van der Waals surface area contributed by atoms with Gasteiger partial charge in [-0.2, -0.15) is 0 Å². The van der Waals surface area contributed by atoms with Crippen molar-refractivity contribution in [3.05, 3.63) is 69.5 Å². The zero-order chi connectivity index (χ0) is 24.1. The monoisotopic (exact) mass is 483 g/mol. The van der Waals surface area contributed by atoms with E-state index in [1.165, 1.54) is 18.4 Å². The summed E-state index contributed by atoms with van der Waals surface area (Å²) in [5.74, 6) is -0.176. The Hall–Kier alpha value is -3.59. The molecule has 0 atom stereocenters. The third kappa shape index (κ3) is 5.14. The largest absolute Gasteiger partial charge is 0.486 e. The normalized spacial score (nSPS) is 12.5. The fourth-order valence-electron chi connectivity index (χ4n) is 3.77. The first-order chi connectivity index (χ1) is 16.5. The van der Waals surface area contributed by atoms with Gasteiger partial charge in [0.25, 0.3) is 5.91 Å². The van der Waals surface area contributed by atoms with Crippen LogP contribution in [0.1, 0.15) is 67.2 Å². The maximum atomic E-state index is 12.8. The van der Waals surface area contributed by atoms with Gasteiger partial charge in [0.15, 0.2) is 5.76 Å². The second-order valence-electron chi connectivity index (χ2n) is 7.66. The standard InChI is InChI=1S/C25H25NO7S/c1-3-31-25(29)21-18-6-4-5-7-20(18)34-23(21)26-22(27)19-13-12-17(33-19)14-32-16-10-8-15(9-11-16)24(28)30-2/h8-13H,3-7,14H2,1-2H3,(H,26,27). The van der Waals surface area contributed by atoms with Crippen molar-refractivity contribution >= 4 is 34.2 Å². The van der Waals surface area contributed by atoms with E-state index in [2.05, 4.69) is 10.1 Å². The van der Waals surface area contributed by atoms with E-state index >= 15 is 0 Å². The number of esters is 2. The lowest BCUT2D eigenvalue weighted by Gasteiger charge is -2.12. The molecule has 0 bridgehead atoms. The van der Waals surface area contributed by atoms with Crippen LogP contribution >= 0.6 is 11.3 Å². The predicted molar refractivity (Wildman–Crippen MR) is 126 cm³/mol. The van der Waals surface area contributed by atoms with Gasteiger partial charge in [0.05, 0.1) is 24.8 Å². The van der Waals surface area contributed by atoms with E-state index in [4.69, 9.17) is 13.9 Å². The lowest BCUT2D eigenvalue weighted by Crippen LogP contribution is -2.15. The van der Waals surface area contributed by atoms with Gasteiger partial charge in [-0.1, -0.05) is 0 Å². The van der Waals surface area contributed by atoms with Crippen LogP contribution in [0.3, 0.4) is 0 Å². The topological polar surface area (TPSA) is 104 Å². The van der Waals surface area contributed by atoms with Gasteiger partial charge >= 0.3 is 11.9 Å². The summed E-state index contributed by atoms with van der Waals surface area (Å²) in [6.45, 7) is 2.13. The molecular formula is C25H25NO7S. The Morgan fingerprint density at radius 2 is 1.79 bits per heavy atom. The smallest absolute Gasteiger partial charge is 0.341 e. The van der Waals surface area contributed by atoms with E-state index in [1.807, 2.05) is 0 Å². The van der Waals surface area contributed by atoms with Crippen molar-refractivity contribution < 1.29 is 33.0 Å². The molecular weight excluding hydrogens is 458 g/mol. The molecule has 0 saturated heterocycles. The number of anilines is 1. The third-order valence-corrected chi connectivity index (χ3v) is 6.63. The fourth-order valence-corrected chi connectivity index (χ4v) is 5.05. The molecule has 0 saturated carbocycles. The second-order valence-corrected chi connectivity index (χ2v) is 8.77. The lowest BCUT2D eigenvalue weighted by molar-refractivity contribution is 0.0525. The van der Waals surface area contributed by atoms with Crippen LogP contribution in [0, 0.1) is 0 Å². The summed E-state index contributed by atoms with van der Waals surface area (Å²) in [6.07, 6.45) is 3.77. The summed E-state index contributed by atoms with van der Waals surface area (Å²) in [7, 11) is 1.32. The number of hydrogen-bond donors (Lipinski definition) is 1. The summed E-state index contributed by atoms with van der Waals surface area (Å²) in [5.41, 5.74) is 1.86. The summed E-state index contributed by atoms with van der Waals surface area (Å²) >= 11 is 1.43. The zero-order valence-electron chi connectivity index (χ0n) is 19.0. The van der Waals surface area contributed by atoms with Gasteiger partial charge in [0, 0.05) is 4.88 Å². The molecule has 2 aromatic heterocycles. The third-order valence-electron chi connectivity index (χ3n) is 5.42. The number of rotatable bonds is 8. The SMILES string of the molecule is CCOC(=O)c1c(NC(=O)c2ccc(COc3ccc(C(=O)OC)cc3)o2)sc2c1CCCC2. The number of aryl methyl sites for hydroxylation is 1. The van der Waals surface area contributed by atoms with Crippen LogP contribution in [0.5, 0.6) is 5.75 Å². The molecule has 1 aliphatic rings. The van der Waals surface area contributed by atoms with Gasteiger partial charge in [-0.3, -0.25) is 4.79 Å². The first-order valence-electron chi connectivity index (χ1n) is 11.0. The number of furan rings is 1. The van der Waals surface area contributed by atoms with Gasteiger partial charge in [-0.05, 0) is 74.6 Å². The van der Waals surface area contributed by atoms with E-state index in [-0.39, 0.29) is 19.0 Å². The Kier molecular flexibility index (Phi) is 7.32. The fraction of sp³-hybridized carbons (Fsp3) is 0.320. The van der Waals surface area contributed by atoms with Crippen molar-refractivity contribution in [2.45, 2.75) is 39.2 Å². The zero-order valence-corrected chi connectivity index (χ0v) is 19.8. The van der Waals surface area contributed by atoms with Crippen molar-refractivity contribution in [1.29, 1.82) is 0 Å². The number of hydrogen-bond acceptors (Lipinski definition) is 8. The molecule has 9 heteroatoms. The maximum Gasteiger partial charge on any atom is 0.341 e. The number of amides is 1. The highest BCUT2D eigenvalue weighted by atomic mass is 32.1. The number of carbonyl (C=O) groups is 3. The van der Waals surface area contributed by atoms with Crippen LogP contribution in [0.25, 0.3) is 0 Å². The molecule has 1 aromatic carbocycles. The minimum absolute atomic E-state index is 0.103. The number of methoxy groups -OCH3 is 1. The van der Waals surface area contributed by atoms with E-state index in [0.717, 1.165) is 36.1 Å². The summed E-state index contributed by atoms with van der Waals surface area (Å²) in [4.78, 5) is 38.1. The number of carbonyl (C=O) groups excluding carboxylic acids is 3. The minimum atomic E-state index is -0.446. The second kappa shape index (κ2) is 10.6. The molecule has 0 unspecified atom stereocenters. The van der Waals surface area contributed by atoms with Crippen LogP contribution < -0.4 is 10.1 Å². The molecule has 0 aliphatic heterocycles. The van der Waals surface area contributed by atoms with Crippen LogP contribution in [-0.4, -0.2) is 31.6 Å². The number of fused-ring (bicyclic) bond motifs is 1. The Morgan fingerprint density at radius 3 is 2.53 bits per heavy atom. The van der Waals surface area contributed by atoms with E-state index < -0.39 is 17.8 Å². The van der Waals surface area contributed by atoms with Crippen LogP contribution in [0.4, 0.5) is 5.00 Å². The van der Waals surface area contributed by atoms with Crippen molar-refractivity contribution in [3.63, 3.8) is 0 Å². The van der Waals surface area contributed by atoms with Crippen molar-refractivity contribution in [2.75, 3.05) is 19.0 Å². The number of nitrogens with one attached hydrogen (secondary N) is 1. The van der Waals surface area contributed by atoms with Crippen LogP contribution in [0.15, 0.2) is 40.8 Å². The summed E-state index contributed by atoms with van der Waals surface area (Å²) < 4.78 is 21.2. The van der Waals surface area contributed by atoms with Crippen molar-refractivity contribution in [1.82, 2.24) is 0 Å². The molecule has 1 amide bonds. The van der Waals surface area contributed by atoms with Crippen LogP contribution in [-0.2, 0) is 28.9 Å². The molecule has 8 nitrogen and oxygen atoms in total. The Bertz CT molecular complexity index is 1190. The highest BCUT2D eigenvalue weighted by Gasteiger charge is 2.28. The van der Waals surface area contributed by atoms with Gasteiger partial charge < -0.3 is 23.9 Å². The molecule has 0 fully saturated rings. The molecule has 34 heavy (non-hydrogen) atoms. The summed E-state index contributed by atoms with van der Waals surface area (Å²) in [5, 5.41) is 3.33. The molecule has 1 N–H and O–H groups in total. The molecule has 4 rings (SSSR count). The van der Waals surface area contributed by atoms with E-state index in [9.17, 15) is 14.4 Å². The molecule has 3 aromatic rings. The minimum Gasteiger partial charge on any atom is -0.486 e. The quantitative estimate of drug-likeness (QED) is 0.449. The first-order valence-corrected chi connectivity index (χ1v) is 11.8. The molecule has 1 aliphatic carbocycles. The maximum absolute atomic E-state index is 12.8. The Morgan fingerprint density at radius 1 is 1.03 bits per heavy atom. The Balaban J connectivity index is 1.42. The van der Waals surface area contributed by atoms with Gasteiger partial charge in [-0.25, -0.2) is 9.59 Å². The molecule has 2 heterocycles. The average Bonchev–Trinajstić information content (AvgIpc) is 3.47.